The minimum Gasteiger partial charge on any atom is -0.360 e. The van der Waals surface area contributed by atoms with Crippen LogP contribution in [-0.4, -0.2) is 27.1 Å². The van der Waals surface area contributed by atoms with Crippen LogP contribution in [0.5, 0.6) is 0 Å². The van der Waals surface area contributed by atoms with Gasteiger partial charge in [0.1, 0.15) is 23.6 Å². The zero-order valence-electron chi connectivity index (χ0n) is 13.9. The topological polar surface area (TPSA) is 84.2 Å². The second-order valence-electron chi connectivity index (χ2n) is 6.09. The van der Waals surface area contributed by atoms with Gasteiger partial charge in [-0.15, -0.1) is 0 Å². The van der Waals surface area contributed by atoms with E-state index in [1.165, 1.54) is 11.9 Å². The molecule has 7 heteroatoms. The molecule has 0 saturated carbocycles. The molecule has 1 unspecified atom stereocenters. The number of hydrogen-bond acceptors (Lipinski definition) is 6. The first kappa shape index (κ1) is 15.3. The minimum atomic E-state index is -0.350. The molecule has 1 N–H and O–H groups in total. The summed E-state index contributed by atoms with van der Waals surface area (Å²) in [6, 6.07) is 11.8. The fourth-order valence-electron chi connectivity index (χ4n) is 3.12. The maximum Gasteiger partial charge on any atom is 0.275 e. The van der Waals surface area contributed by atoms with Crippen LogP contribution in [0.1, 0.15) is 28.7 Å². The van der Waals surface area contributed by atoms with E-state index in [9.17, 15) is 4.79 Å². The van der Waals surface area contributed by atoms with Crippen molar-refractivity contribution in [2.24, 2.45) is 0 Å². The molecular formula is C18H17N5O2. The molecule has 0 aliphatic carbocycles. The number of amides is 1. The number of benzene rings is 1. The molecule has 1 amide bonds. The zero-order chi connectivity index (χ0) is 17.4. The molecule has 0 radical (unpaired) electrons. The summed E-state index contributed by atoms with van der Waals surface area (Å²) >= 11 is 0. The van der Waals surface area contributed by atoms with Crippen LogP contribution in [0.2, 0.25) is 0 Å². The summed E-state index contributed by atoms with van der Waals surface area (Å²) in [5.41, 5.74) is 2.67. The van der Waals surface area contributed by atoms with Crippen LogP contribution < -0.4 is 10.2 Å². The molecule has 1 aromatic carbocycles. The van der Waals surface area contributed by atoms with Crippen LogP contribution in [0.4, 0.5) is 17.3 Å². The first-order valence-corrected chi connectivity index (χ1v) is 8.05. The van der Waals surface area contributed by atoms with Gasteiger partial charge in [0.2, 0.25) is 0 Å². The van der Waals surface area contributed by atoms with Gasteiger partial charge in [-0.2, -0.15) is 0 Å². The van der Waals surface area contributed by atoms with Crippen molar-refractivity contribution in [2.75, 3.05) is 10.2 Å². The van der Waals surface area contributed by atoms with Gasteiger partial charge in [-0.05, 0) is 31.9 Å². The number of carbonyl (C=O) groups excluding carboxylic acids is 1. The highest BCUT2D eigenvalue weighted by Crippen LogP contribution is 2.37. The largest absolute Gasteiger partial charge is 0.360 e. The Labute approximate surface area is 144 Å². The lowest BCUT2D eigenvalue weighted by Gasteiger charge is -2.23. The number of nitrogens with one attached hydrogen (secondary N) is 1. The van der Waals surface area contributed by atoms with Gasteiger partial charge in [0.25, 0.3) is 5.91 Å². The standard InChI is InChI=1S/C18H17N5O2/c1-11-7-13-5-3-4-6-15(13)23(11)17-9-14(19-10-20-17)18(24)21-16-8-12(2)25-22-16/h3-6,8-11H,7H2,1-2H3,(H,21,22,24). The minimum absolute atomic E-state index is 0.265. The predicted molar refractivity (Wildman–Crippen MR) is 93.0 cm³/mol. The van der Waals surface area contributed by atoms with Crippen molar-refractivity contribution < 1.29 is 9.32 Å². The van der Waals surface area contributed by atoms with Crippen LogP contribution in [0.15, 0.2) is 47.2 Å². The Balaban J connectivity index is 1.62. The van der Waals surface area contributed by atoms with Crippen LogP contribution in [0.3, 0.4) is 0 Å². The van der Waals surface area contributed by atoms with Gasteiger partial charge in [-0.1, -0.05) is 23.4 Å². The van der Waals surface area contributed by atoms with Crippen LogP contribution in [0.25, 0.3) is 0 Å². The molecule has 0 fully saturated rings. The Hall–Kier alpha value is -3.22. The summed E-state index contributed by atoms with van der Waals surface area (Å²) in [5.74, 6) is 1.34. The molecule has 1 aliphatic heterocycles. The average Bonchev–Trinajstić information content (AvgIpc) is 3.16. The second-order valence-corrected chi connectivity index (χ2v) is 6.09. The number of para-hydroxylation sites is 1. The highest BCUT2D eigenvalue weighted by Gasteiger charge is 2.28. The fourth-order valence-corrected chi connectivity index (χ4v) is 3.12. The van der Waals surface area contributed by atoms with Crippen molar-refractivity contribution in [1.29, 1.82) is 0 Å². The predicted octanol–water partition coefficient (Wildman–Crippen LogP) is 3.11. The molecule has 25 heavy (non-hydrogen) atoms. The lowest BCUT2D eigenvalue weighted by Crippen LogP contribution is -2.25. The Morgan fingerprint density at radius 2 is 2.12 bits per heavy atom. The molecular weight excluding hydrogens is 318 g/mol. The van der Waals surface area contributed by atoms with E-state index in [1.54, 1.807) is 19.1 Å². The third-order valence-electron chi connectivity index (χ3n) is 4.21. The number of aromatic nitrogens is 3. The van der Waals surface area contributed by atoms with E-state index in [4.69, 9.17) is 4.52 Å². The average molecular weight is 335 g/mol. The van der Waals surface area contributed by atoms with Gasteiger partial charge in [0.15, 0.2) is 5.82 Å². The molecule has 126 valence electrons. The first-order chi connectivity index (χ1) is 12.1. The molecule has 1 aliphatic rings. The molecule has 0 bridgehead atoms. The summed E-state index contributed by atoms with van der Waals surface area (Å²) < 4.78 is 4.95. The summed E-state index contributed by atoms with van der Waals surface area (Å²) in [6.45, 7) is 3.90. The van der Waals surface area contributed by atoms with Crippen molar-refractivity contribution in [2.45, 2.75) is 26.3 Å². The van der Waals surface area contributed by atoms with E-state index in [0.29, 0.717) is 17.4 Å². The van der Waals surface area contributed by atoms with Crippen molar-refractivity contribution in [3.63, 3.8) is 0 Å². The number of fused-ring (bicyclic) bond motifs is 1. The number of aryl methyl sites for hydroxylation is 1. The van der Waals surface area contributed by atoms with Crippen molar-refractivity contribution in [1.82, 2.24) is 15.1 Å². The monoisotopic (exact) mass is 335 g/mol. The summed E-state index contributed by atoms with van der Waals surface area (Å²) in [7, 11) is 0. The normalized spacial score (nSPS) is 15.9. The van der Waals surface area contributed by atoms with Gasteiger partial charge in [-0.3, -0.25) is 4.79 Å². The molecule has 4 rings (SSSR count). The Morgan fingerprint density at radius 3 is 2.92 bits per heavy atom. The van der Waals surface area contributed by atoms with Gasteiger partial charge in [0, 0.05) is 23.9 Å². The zero-order valence-corrected chi connectivity index (χ0v) is 13.9. The molecule has 7 nitrogen and oxygen atoms in total. The van der Waals surface area contributed by atoms with E-state index in [1.807, 2.05) is 12.1 Å². The van der Waals surface area contributed by atoms with Gasteiger partial charge in [0.05, 0.1) is 0 Å². The van der Waals surface area contributed by atoms with Crippen molar-refractivity contribution in [3.05, 3.63) is 59.7 Å². The smallest absolute Gasteiger partial charge is 0.275 e. The maximum absolute atomic E-state index is 12.4. The second kappa shape index (κ2) is 6.01. The molecule has 1 atom stereocenters. The fraction of sp³-hybridized carbons (Fsp3) is 0.222. The van der Waals surface area contributed by atoms with Crippen molar-refractivity contribution in [3.8, 4) is 0 Å². The molecule has 0 spiro atoms. The maximum atomic E-state index is 12.4. The third kappa shape index (κ3) is 2.84. The highest BCUT2D eigenvalue weighted by atomic mass is 16.5. The van der Waals surface area contributed by atoms with E-state index in [2.05, 4.69) is 44.4 Å². The lowest BCUT2D eigenvalue weighted by atomic mass is 10.1. The summed E-state index contributed by atoms with van der Waals surface area (Å²) in [5, 5.41) is 6.44. The first-order valence-electron chi connectivity index (χ1n) is 8.05. The Kier molecular flexibility index (Phi) is 3.68. The van der Waals surface area contributed by atoms with Crippen LogP contribution in [-0.2, 0) is 6.42 Å². The van der Waals surface area contributed by atoms with Crippen molar-refractivity contribution >= 4 is 23.2 Å². The van der Waals surface area contributed by atoms with E-state index < -0.39 is 0 Å². The summed E-state index contributed by atoms with van der Waals surface area (Å²) in [6.07, 6.45) is 2.35. The summed E-state index contributed by atoms with van der Waals surface area (Å²) in [4.78, 5) is 23.0. The van der Waals surface area contributed by atoms with Gasteiger partial charge < -0.3 is 14.7 Å². The third-order valence-corrected chi connectivity index (χ3v) is 4.21. The SMILES string of the molecule is Cc1cc(NC(=O)c2cc(N3c4ccccc4CC3C)ncn2)no1. The highest BCUT2D eigenvalue weighted by molar-refractivity contribution is 6.02. The Morgan fingerprint density at radius 1 is 1.28 bits per heavy atom. The van der Waals surface area contributed by atoms with E-state index >= 15 is 0 Å². The molecule has 3 heterocycles. The van der Waals surface area contributed by atoms with E-state index in [-0.39, 0.29) is 17.6 Å². The molecule has 0 saturated heterocycles. The van der Waals surface area contributed by atoms with Crippen LogP contribution >= 0.6 is 0 Å². The van der Waals surface area contributed by atoms with Gasteiger partial charge in [-0.25, -0.2) is 9.97 Å². The quantitative estimate of drug-likeness (QED) is 0.792. The number of carbonyl (C=O) groups is 1. The Bertz CT molecular complexity index is 936. The van der Waals surface area contributed by atoms with Gasteiger partial charge >= 0.3 is 0 Å². The number of nitrogens with zero attached hydrogens (tertiary/aromatic N) is 4. The van der Waals surface area contributed by atoms with E-state index in [0.717, 1.165) is 12.1 Å². The lowest BCUT2D eigenvalue weighted by molar-refractivity contribution is 0.102. The molecule has 2 aromatic heterocycles. The number of hydrogen-bond donors (Lipinski definition) is 1. The van der Waals surface area contributed by atoms with Crippen LogP contribution in [0, 0.1) is 6.92 Å². The molecule has 3 aromatic rings. The number of anilines is 3. The number of rotatable bonds is 3.